The molecule has 0 unspecified atom stereocenters. The van der Waals surface area contributed by atoms with Gasteiger partial charge in [-0.05, 0) is 37.0 Å². The van der Waals surface area contributed by atoms with Crippen LogP contribution in [0.4, 0.5) is 0 Å². The lowest BCUT2D eigenvalue weighted by molar-refractivity contribution is 1.09. The van der Waals surface area contributed by atoms with Gasteiger partial charge in [-0.25, -0.2) is 0 Å². The normalized spacial score (nSPS) is 9.00. The van der Waals surface area contributed by atoms with Gasteiger partial charge in [0.1, 0.15) is 0 Å². The van der Waals surface area contributed by atoms with Crippen LogP contribution >= 0.6 is 0 Å². The Bertz CT molecular complexity index is 223. The van der Waals surface area contributed by atoms with E-state index in [1.54, 1.807) is 0 Å². The second-order valence-corrected chi connectivity index (χ2v) is 2.71. The maximum absolute atomic E-state index is 2.20. The van der Waals surface area contributed by atoms with Gasteiger partial charge in [0.05, 0.1) is 0 Å². The van der Waals surface area contributed by atoms with Crippen LogP contribution in [0.5, 0.6) is 0 Å². The van der Waals surface area contributed by atoms with E-state index in [2.05, 4.69) is 39.0 Å². The van der Waals surface area contributed by atoms with Crippen LogP contribution in [0.1, 0.15) is 31.0 Å². The van der Waals surface area contributed by atoms with Crippen molar-refractivity contribution < 1.29 is 0 Å². The number of aryl methyl sites for hydroxylation is 2. The van der Waals surface area contributed by atoms with Gasteiger partial charge in [0.2, 0.25) is 0 Å². The Morgan fingerprint density at radius 3 is 2.27 bits per heavy atom. The van der Waals surface area contributed by atoms with Crippen LogP contribution in [0.25, 0.3) is 0 Å². The average Bonchev–Trinajstić information content (AvgIpc) is 1.95. The lowest BCUT2D eigenvalue weighted by Gasteiger charge is -2.04. The molecule has 1 aromatic rings. The summed E-state index contributed by atoms with van der Waals surface area (Å²) in [7, 11) is 0. The van der Waals surface area contributed by atoms with Gasteiger partial charge < -0.3 is 0 Å². The summed E-state index contributed by atoms with van der Waals surface area (Å²) in [4.78, 5) is 0. The first-order chi connectivity index (χ1) is 4.75. The zero-order valence-corrected chi connectivity index (χ0v) is 6.94. The first kappa shape index (κ1) is 10.2. The summed E-state index contributed by atoms with van der Waals surface area (Å²) in [5, 5.41) is 0. The van der Waals surface area contributed by atoms with Crippen molar-refractivity contribution in [2.24, 2.45) is 0 Å². The van der Waals surface area contributed by atoms with E-state index in [0.29, 0.717) is 0 Å². The predicted octanol–water partition coefficient (Wildman–Crippen LogP) is 3.50. The summed E-state index contributed by atoms with van der Waals surface area (Å²) in [6.45, 7) is 6.55. The van der Waals surface area contributed by atoms with Crippen molar-refractivity contribution >= 4 is 0 Å². The molecule has 0 saturated heterocycles. The standard InChI is InChI=1S/C10H14.CH4/c1-4-10-7-5-6-8(2)9(10)3;/h5-7H,4H2,1-3H3;1H4. The molecule has 0 atom stereocenters. The van der Waals surface area contributed by atoms with Crippen molar-refractivity contribution in [1.29, 1.82) is 0 Å². The van der Waals surface area contributed by atoms with E-state index >= 15 is 0 Å². The van der Waals surface area contributed by atoms with Gasteiger partial charge in [0, 0.05) is 0 Å². The fraction of sp³-hybridized carbons (Fsp3) is 0.455. The Kier molecular flexibility index (Phi) is 3.88. The van der Waals surface area contributed by atoms with Crippen LogP contribution in [-0.4, -0.2) is 0 Å². The van der Waals surface area contributed by atoms with Crippen molar-refractivity contribution in [3.63, 3.8) is 0 Å². The van der Waals surface area contributed by atoms with Crippen LogP contribution in [0, 0.1) is 13.8 Å². The molecular formula is C11H18. The molecule has 1 aromatic carbocycles. The van der Waals surface area contributed by atoms with Gasteiger partial charge in [-0.3, -0.25) is 0 Å². The Morgan fingerprint density at radius 2 is 1.82 bits per heavy atom. The fourth-order valence-electron chi connectivity index (χ4n) is 1.19. The summed E-state index contributed by atoms with van der Waals surface area (Å²) in [6.07, 6.45) is 1.15. The van der Waals surface area contributed by atoms with Gasteiger partial charge in [-0.15, -0.1) is 0 Å². The van der Waals surface area contributed by atoms with Gasteiger partial charge in [0.15, 0.2) is 0 Å². The third kappa shape index (κ3) is 2.07. The first-order valence-corrected chi connectivity index (χ1v) is 3.80. The molecule has 0 heteroatoms. The summed E-state index contributed by atoms with van der Waals surface area (Å²) in [6, 6.07) is 6.48. The molecule has 0 spiro atoms. The topological polar surface area (TPSA) is 0 Å². The molecule has 0 nitrogen and oxygen atoms in total. The van der Waals surface area contributed by atoms with E-state index in [1.807, 2.05) is 0 Å². The molecule has 0 bridgehead atoms. The molecule has 0 aromatic heterocycles. The molecule has 0 radical (unpaired) electrons. The van der Waals surface area contributed by atoms with Gasteiger partial charge in [-0.2, -0.15) is 0 Å². The van der Waals surface area contributed by atoms with Crippen molar-refractivity contribution in [3.8, 4) is 0 Å². The molecule has 0 fully saturated rings. The summed E-state index contributed by atoms with van der Waals surface area (Å²) in [5.41, 5.74) is 4.32. The van der Waals surface area contributed by atoms with Crippen LogP contribution in [0.2, 0.25) is 0 Å². The van der Waals surface area contributed by atoms with Crippen molar-refractivity contribution in [2.75, 3.05) is 0 Å². The molecular weight excluding hydrogens is 132 g/mol. The van der Waals surface area contributed by atoms with Crippen LogP contribution in [-0.2, 0) is 6.42 Å². The summed E-state index contributed by atoms with van der Waals surface area (Å²) in [5.74, 6) is 0. The number of rotatable bonds is 1. The molecule has 62 valence electrons. The van der Waals surface area contributed by atoms with E-state index in [9.17, 15) is 0 Å². The quantitative estimate of drug-likeness (QED) is 0.574. The fourth-order valence-corrected chi connectivity index (χ4v) is 1.19. The minimum Gasteiger partial charge on any atom is -0.0776 e. The van der Waals surface area contributed by atoms with Gasteiger partial charge in [-0.1, -0.05) is 32.5 Å². The molecule has 0 heterocycles. The molecule has 0 aliphatic heterocycles. The Morgan fingerprint density at radius 1 is 1.18 bits per heavy atom. The van der Waals surface area contributed by atoms with E-state index in [4.69, 9.17) is 0 Å². The zero-order chi connectivity index (χ0) is 7.56. The highest BCUT2D eigenvalue weighted by Gasteiger charge is 1.95. The average molecular weight is 150 g/mol. The summed E-state index contributed by atoms with van der Waals surface area (Å²) < 4.78 is 0. The molecule has 11 heavy (non-hydrogen) atoms. The van der Waals surface area contributed by atoms with E-state index in [-0.39, 0.29) is 7.43 Å². The zero-order valence-electron chi connectivity index (χ0n) is 6.94. The Labute approximate surface area is 70.3 Å². The van der Waals surface area contributed by atoms with Gasteiger partial charge >= 0.3 is 0 Å². The maximum atomic E-state index is 2.20. The van der Waals surface area contributed by atoms with Crippen LogP contribution < -0.4 is 0 Å². The highest BCUT2D eigenvalue weighted by molar-refractivity contribution is 5.32. The smallest absolute Gasteiger partial charge is 0.0305 e. The molecule has 1 rings (SSSR count). The highest BCUT2D eigenvalue weighted by atomic mass is 14.0. The Balaban J connectivity index is 0.000001000. The SMILES string of the molecule is C.CCc1cccc(C)c1C. The Hall–Kier alpha value is -0.780. The van der Waals surface area contributed by atoms with E-state index < -0.39 is 0 Å². The molecule has 0 aliphatic carbocycles. The largest absolute Gasteiger partial charge is 0.0776 e. The number of hydrogen-bond donors (Lipinski definition) is 0. The van der Waals surface area contributed by atoms with Gasteiger partial charge in [0.25, 0.3) is 0 Å². The minimum atomic E-state index is 0. The summed E-state index contributed by atoms with van der Waals surface area (Å²) >= 11 is 0. The lowest BCUT2D eigenvalue weighted by atomic mass is 10.0. The molecule has 0 amide bonds. The molecule has 0 aliphatic rings. The molecule has 0 N–H and O–H groups in total. The number of hydrogen-bond acceptors (Lipinski definition) is 0. The second kappa shape index (κ2) is 4.17. The lowest BCUT2D eigenvalue weighted by Crippen LogP contribution is -1.88. The third-order valence-corrected chi connectivity index (χ3v) is 2.10. The predicted molar refractivity (Wildman–Crippen MR) is 52.0 cm³/mol. The van der Waals surface area contributed by atoms with Crippen molar-refractivity contribution in [3.05, 3.63) is 34.9 Å². The maximum Gasteiger partial charge on any atom is -0.0305 e. The highest BCUT2D eigenvalue weighted by Crippen LogP contribution is 2.12. The monoisotopic (exact) mass is 150 g/mol. The molecule has 0 saturated carbocycles. The van der Waals surface area contributed by atoms with Crippen LogP contribution in [0.3, 0.4) is 0 Å². The van der Waals surface area contributed by atoms with E-state index in [0.717, 1.165) is 6.42 Å². The third-order valence-electron chi connectivity index (χ3n) is 2.10. The minimum absolute atomic E-state index is 0. The van der Waals surface area contributed by atoms with E-state index in [1.165, 1.54) is 16.7 Å². The number of benzene rings is 1. The second-order valence-electron chi connectivity index (χ2n) is 2.71. The van der Waals surface area contributed by atoms with Crippen molar-refractivity contribution in [2.45, 2.75) is 34.6 Å². The van der Waals surface area contributed by atoms with Crippen molar-refractivity contribution in [1.82, 2.24) is 0 Å². The first-order valence-electron chi connectivity index (χ1n) is 3.80. The van der Waals surface area contributed by atoms with Crippen LogP contribution in [0.15, 0.2) is 18.2 Å².